The van der Waals surface area contributed by atoms with Crippen molar-refractivity contribution in [3.63, 3.8) is 0 Å². The molecule has 0 atom stereocenters. The third-order valence-electron chi connectivity index (χ3n) is 3.05. The predicted molar refractivity (Wildman–Crippen MR) is 62.8 cm³/mol. The van der Waals surface area contributed by atoms with Crippen LogP contribution < -0.4 is 0 Å². The largest absolute Gasteiger partial charge is 0.395 e. The first-order valence-corrected chi connectivity index (χ1v) is 6.12. The number of thioether (sulfide) groups is 1. The summed E-state index contributed by atoms with van der Waals surface area (Å²) in [5, 5.41) is 18.7. The molecular weight excluding hydrogens is 224 g/mol. The molecule has 0 aromatic heterocycles. The second-order valence-electron chi connectivity index (χ2n) is 4.16. The Morgan fingerprint density at radius 1 is 1.38 bits per heavy atom. The van der Waals surface area contributed by atoms with Crippen molar-refractivity contribution < 1.29 is 15.0 Å². The number of benzene rings is 1. The summed E-state index contributed by atoms with van der Waals surface area (Å²) in [6.45, 7) is 1.27. The number of Topliss-reactive ketones (excluding diaryl/α,β-unsaturated/α-hetero) is 1. The molecule has 0 unspecified atom stereocenters. The Balaban J connectivity index is 2.53. The van der Waals surface area contributed by atoms with E-state index in [2.05, 4.69) is 0 Å². The van der Waals surface area contributed by atoms with E-state index in [9.17, 15) is 15.0 Å². The molecule has 0 spiro atoms. The Bertz CT molecular complexity index is 424. The third-order valence-corrected chi connectivity index (χ3v) is 4.40. The van der Waals surface area contributed by atoms with Gasteiger partial charge in [-0.15, -0.1) is 11.8 Å². The molecular formula is C12H14O3S. The molecule has 0 saturated carbocycles. The van der Waals surface area contributed by atoms with Gasteiger partial charge in [-0.25, -0.2) is 0 Å². The monoisotopic (exact) mass is 238 g/mol. The van der Waals surface area contributed by atoms with Crippen LogP contribution in [0.4, 0.5) is 0 Å². The maximum atomic E-state index is 12.3. The number of ketones is 1. The number of hydrogen-bond donors (Lipinski definition) is 2. The molecule has 2 rings (SSSR count). The van der Waals surface area contributed by atoms with Crippen LogP contribution in [0.5, 0.6) is 0 Å². The van der Waals surface area contributed by atoms with Crippen LogP contribution in [0.15, 0.2) is 23.1 Å². The van der Waals surface area contributed by atoms with Gasteiger partial charge in [-0.3, -0.25) is 4.79 Å². The van der Waals surface area contributed by atoms with E-state index in [4.69, 9.17) is 0 Å². The molecule has 0 aliphatic carbocycles. The second-order valence-corrected chi connectivity index (χ2v) is 5.18. The normalized spacial score (nSPS) is 18.3. The lowest BCUT2D eigenvalue weighted by Gasteiger charge is -2.33. The number of aliphatic hydroxyl groups is 2. The third kappa shape index (κ3) is 1.57. The Labute approximate surface area is 98.5 Å². The van der Waals surface area contributed by atoms with E-state index >= 15 is 0 Å². The quantitative estimate of drug-likeness (QED) is 0.814. The lowest BCUT2D eigenvalue weighted by Crippen LogP contribution is -2.43. The molecule has 0 fully saturated rings. The summed E-state index contributed by atoms with van der Waals surface area (Å²) in [5.41, 5.74) is 0.548. The number of hydrogen-bond acceptors (Lipinski definition) is 4. The van der Waals surface area contributed by atoms with Crippen molar-refractivity contribution in [1.29, 1.82) is 0 Å². The van der Waals surface area contributed by atoms with E-state index in [1.54, 1.807) is 0 Å². The summed E-state index contributed by atoms with van der Waals surface area (Å²) < 4.78 is 0. The SMILES string of the molecule is Cc1cccc2c1C(=O)C(CO)(CO)CS2. The fourth-order valence-corrected chi connectivity index (χ4v) is 3.20. The lowest BCUT2D eigenvalue weighted by molar-refractivity contribution is 0.0489. The van der Waals surface area contributed by atoms with Crippen molar-refractivity contribution >= 4 is 17.5 Å². The number of fused-ring (bicyclic) bond motifs is 1. The van der Waals surface area contributed by atoms with Gasteiger partial charge in [0.25, 0.3) is 0 Å². The van der Waals surface area contributed by atoms with Crippen LogP contribution in [-0.2, 0) is 0 Å². The van der Waals surface area contributed by atoms with Crippen molar-refractivity contribution in [3.05, 3.63) is 29.3 Å². The predicted octanol–water partition coefficient (Wildman–Crippen LogP) is 1.25. The van der Waals surface area contributed by atoms with E-state index in [-0.39, 0.29) is 19.0 Å². The maximum absolute atomic E-state index is 12.3. The van der Waals surface area contributed by atoms with Crippen LogP contribution in [0.2, 0.25) is 0 Å². The summed E-state index contributed by atoms with van der Waals surface area (Å²) in [5.74, 6) is 0.305. The van der Waals surface area contributed by atoms with E-state index in [0.29, 0.717) is 11.3 Å². The molecule has 0 amide bonds. The van der Waals surface area contributed by atoms with Crippen LogP contribution in [-0.4, -0.2) is 35.0 Å². The highest BCUT2D eigenvalue weighted by Crippen LogP contribution is 2.40. The van der Waals surface area contributed by atoms with Gasteiger partial charge in [0, 0.05) is 16.2 Å². The number of aliphatic hydroxyl groups excluding tert-OH is 2. The topological polar surface area (TPSA) is 57.5 Å². The van der Waals surface area contributed by atoms with Crippen molar-refractivity contribution in [2.75, 3.05) is 19.0 Å². The van der Waals surface area contributed by atoms with Gasteiger partial charge in [0.2, 0.25) is 0 Å². The summed E-state index contributed by atoms with van der Waals surface area (Å²) >= 11 is 1.52. The highest BCUT2D eigenvalue weighted by Gasteiger charge is 2.42. The zero-order valence-electron chi connectivity index (χ0n) is 9.06. The molecule has 16 heavy (non-hydrogen) atoms. The fraction of sp³-hybridized carbons (Fsp3) is 0.417. The summed E-state index contributed by atoms with van der Waals surface area (Å²) in [6, 6.07) is 5.70. The molecule has 0 radical (unpaired) electrons. The van der Waals surface area contributed by atoms with E-state index in [0.717, 1.165) is 10.5 Å². The fourth-order valence-electron chi connectivity index (χ4n) is 1.88. The molecule has 1 heterocycles. The average molecular weight is 238 g/mol. The standard InChI is InChI=1S/C12H14O3S/c1-8-3-2-4-9-10(8)11(15)12(5-13,6-14)7-16-9/h2-4,13-14H,5-7H2,1H3. The molecule has 0 saturated heterocycles. The number of carbonyl (C=O) groups is 1. The highest BCUT2D eigenvalue weighted by molar-refractivity contribution is 7.99. The van der Waals surface area contributed by atoms with Gasteiger partial charge >= 0.3 is 0 Å². The summed E-state index contributed by atoms with van der Waals surface area (Å²) in [4.78, 5) is 13.2. The minimum absolute atomic E-state index is 0.135. The number of rotatable bonds is 2. The van der Waals surface area contributed by atoms with Crippen LogP contribution in [0.3, 0.4) is 0 Å². The van der Waals surface area contributed by atoms with Gasteiger partial charge in [0.05, 0.1) is 18.6 Å². The molecule has 1 aliphatic heterocycles. The van der Waals surface area contributed by atoms with E-state index < -0.39 is 5.41 Å². The lowest BCUT2D eigenvalue weighted by atomic mass is 9.81. The zero-order valence-corrected chi connectivity index (χ0v) is 9.88. The van der Waals surface area contributed by atoms with Gasteiger partial charge in [0.1, 0.15) is 0 Å². The number of aryl methyl sites for hydroxylation is 1. The molecule has 1 aromatic rings. The summed E-state index contributed by atoms with van der Waals surface area (Å²) in [6.07, 6.45) is 0. The zero-order chi connectivity index (χ0) is 11.8. The van der Waals surface area contributed by atoms with Gasteiger partial charge in [-0.2, -0.15) is 0 Å². The average Bonchev–Trinajstić information content (AvgIpc) is 2.30. The first-order valence-electron chi connectivity index (χ1n) is 5.13. The Kier molecular flexibility index (Phi) is 3.06. The first-order chi connectivity index (χ1) is 7.64. The molecule has 2 N–H and O–H groups in total. The molecule has 1 aliphatic rings. The Morgan fingerprint density at radius 3 is 2.69 bits per heavy atom. The van der Waals surface area contributed by atoms with Crippen LogP contribution in [0.25, 0.3) is 0 Å². The second kappa shape index (κ2) is 4.20. The highest BCUT2D eigenvalue weighted by atomic mass is 32.2. The minimum Gasteiger partial charge on any atom is -0.395 e. The van der Waals surface area contributed by atoms with Crippen LogP contribution >= 0.6 is 11.8 Å². The van der Waals surface area contributed by atoms with Gasteiger partial charge in [-0.1, -0.05) is 12.1 Å². The van der Waals surface area contributed by atoms with Gasteiger partial charge in [0.15, 0.2) is 5.78 Å². The molecule has 1 aromatic carbocycles. The molecule has 3 nitrogen and oxygen atoms in total. The first kappa shape index (κ1) is 11.6. The van der Waals surface area contributed by atoms with E-state index in [1.165, 1.54) is 11.8 Å². The van der Waals surface area contributed by atoms with Crippen molar-refractivity contribution in [1.82, 2.24) is 0 Å². The van der Waals surface area contributed by atoms with Crippen molar-refractivity contribution in [3.8, 4) is 0 Å². The maximum Gasteiger partial charge on any atom is 0.175 e. The number of carbonyl (C=O) groups excluding carboxylic acids is 1. The van der Waals surface area contributed by atoms with Crippen molar-refractivity contribution in [2.45, 2.75) is 11.8 Å². The van der Waals surface area contributed by atoms with Crippen molar-refractivity contribution in [2.24, 2.45) is 5.41 Å². The Hall–Kier alpha value is -0.840. The van der Waals surface area contributed by atoms with Gasteiger partial charge < -0.3 is 10.2 Å². The minimum atomic E-state index is -1.01. The van der Waals surface area contributed by atoms with E-state index in [1.807, 2.05) is 25.1 Å². The smallest absolute Gasteiger partial charge is 0.175 e. The Morgan fingerprint density at radius 2 is 2.06 bits per heavy atom. The molecule has 0 bridgehead atoms. The van der Waals surface area contributed by atoms with Crippen LogP contribution in [0, 0.1) is 12.3 Å². The molecule has 86 valence electrons. The molecule has 4 heteroatoms. The van der Waals surface area contributed by atoms with Gasteiger partial charge in [-0.05, 0) is 18.6 Å². The summed E-state index contributed by atoms with van der Waals surface area (Å²) in [7, 11) is 0. The van der Waals surface area contributed by atoms with Crippen LogP contribution in [0.1, 0.15) is 15.9 Å².